The summed E-state index contributed by atoms with van der Waals surface area (Å²) in [5.74, 6) is 2.39. The largest absolute Gasteiger partial charge is 0.497 e. The highest BCUT2D eigenvalue weighted by molar-refractivity contribution is 5.97. The number of carbonyl (C=O) groups is 2. The SMILES string of the molecule is COc1ccc(Cn2nc(NC3CCN(C(=O)C=CCN(C)C)C3)c3c(Oc4ccc(Oc5ccccc5)cc4C(N)=O)ccnc32)cc1. The number of likely N-dealkylation sites (N-methyl/N-ethyl adjacent to an activating group) is 1. The Morgan fingerprint density at radius 2 is 1.76 bits per heavy atom. The van der Waals surface area contributed by atoms with Crippen molar-refractivity contribution in [2.24, 2.45) is 5.73 Å². The topological polar surface area (TPSA) is 137 Å². The number of hydrogen-bond donors (Lipinski definition) is 2. The third-order valence-electron chi connectivity index (χ3n) is 8.07. The number of rotatable bonds is 13. The van der Waals surface area contributed by atoms with E-state index in [4.69, 9.17) is 25.0 Å². The lowest BCUT2D eigenvalue weighted by atomic mass is 10.1. The predicted molar refractivity (Wildman–Crippen MR) is 187 cm³/mol. The number of hydrogen-bond acceptors (Lipinski definition) is 9. The molecule has 3 heterocycles. The molecule has 5 aromatic rings. The zero-order chi connectivity index (χ0) is 34.3. The number of amides is 2. The Hall–Kier alpha value is -5.88. The van der Waals surface area contributed by atoms with Crippen LogP contribution in [0.25, 0.3) is 11.0 Å². The van der Waals surface area contributed by atoms with Crippen LogP contribution >= 0.6 is 0 Å². The van der Waals surface area contributed by atoms with Crippen molar-refractivity contribution < 1.29 is 23.8 Å². The van der Waals surface area contributed by atoms with Gasteiger partial charge in [-0.1, -0.05) is 36.4 Å². The molecule has 12 heteroatoms. The van der Waals surface area contributed by atoms with Crippen molar-refractivity contribution in [2.75, 3.05) is 46.2 Å². The zero-order valence-corrected chi connectivity index (χ0v) is 27.7. The van der Waals surface area contributed by atoms with E-state index in [-0.39, 0.29) is 23.3 Å². The van der Waals surface area contributed by atoms with E-state index in [9.17, 15) is 9.59 Å². The molecule has 1 atom stereocenters. The normalized spacial score (nSPS) is 14.4. The van der Waals surface area contributed by atoms with Crippen molar-refractivity contribution in [2.45, 2.75) is 19.0 Å². The van der Waals surface area contributed by atoms with Gasteiger partial charge in [-0.05, 0) is 68.5 Å². The van der Waals surface area contributed by atoms with Gasteiger partial charge in [0.1, 0.15) is 34.1 Å². The van der Waals surface area contributed by atoms with Gasteiger partial charge in [0, 0.05) is 44.0 Å². The summed E-state index contributed by atoms with van der Waals surface area (Å²) in [7, 11) is 5.55. The number of benzene rings is 3. The molecule has 1 unspecified atom stereocenters. The van der Waals surface area contributed by atoms with Crippen LogP contribution in [0.4, 0.5) is 5.82 Å². The monoisotopic (exact) mass is 661 g/mol. The number of methoxy groups -OCH3 is 1. The number of nitrogens with two attached hydrogens (primary N) is 1. The molecule has 1 aliphatic rings. The molecule has 1 aliphatic heterocycles. The summed E-state index contributed by atoms with van der Waals surface area (Å²) in [4.78, 5) is 34.0. The number of nitrogens with one attached hydrogen (secondary N) is 1. The van der Waals surface area contributed by atoms with Crippen LogP contribution in [-0.2, 0) is 11.3 Å². The van der Waals surface area contributed by atoms with E-state index in [1.807, 2.05) is 84.6 Å². The van der Waals surface area contributed by atoms with Gasteiger partial charge in [0.2, 0.25) is 5.91 Å². The van der Waals surface area contributed by atoms with E-state index in [0.717, 1.165) is 17.7 Å². The molecule has 49 heavy (non-hydrogen) atoms. The first-order valence-corrected chi connectivity index (χ1v) is 16.0. The fraction of sp³-hybridized carbons (Fsp3) is 0.243. The van der Waals surface area contributed by atoms with E-state index in [1.54, 1.807) is 48.3 Å². The van der Waals surface area contributed by atoms with E-state index in [2.05, 4.69) is 10.3 Å². The minimum Gasteiger partial charge on any atom is -0.497 e. The molecule has 0 aliphatic carbocycles. The smallest absolute Gasteiger partial charge is 0.252 e. The van der Waals surface area contributed by atoms with Crippen molar-refractivity contribution in [3.8, 4) is 28.7 Å². The van der Waals surface area contributed by atoms with Gasteiger partial charge in [0.05, 0.1) is 19.2 Å². The second-order valence-electron chi connectivity index (χ2n) is 12.0. The van der Waals surface area contributed by atoms with Crippen LogP contribution in [0.15, 0.2) is 97.2 Å². The Balaban J connectivity index is 1.31. The van der Waals surface area contributed by atoms with E-state index in [0.29, 0.717) is 60.3 Å². The highest BCUT2D eigenvalue weighted by Gasteiger charge is 2.28. The molecule has 2 amide bonds. The summed E-state index contributed by atoms with van der Waals surface area (Å²) in [5.41, 5.74) is 7.55. The van der Waals surface area contributed by atoms with Crippen molar-refractivity contribution in [3.05, 3.63) is 108 Å². The van der Waals surface area contributed by atoms with Crippen LogP contribution in [-0.4, -0.2) is 83.3 Å². The molecule has 3 aromatic carbocycles. The molecule has 1 saturated heterocycles. The van der Waals surface area contributed by atoms with E-state index >= 15 is 0 Å². The summed E-state index contributed by atoms with van der Waals surface area (Å²) in [6.45, 7) is 2.26. The number of likely N-dealkylation sites (tertiary alicyclic amines) is 1. The predicted octanol–water partition coefficient (Wildman–Crippen LogP) is 5.30. The Labute approximate surface area is 284 Å². The van der Waals surface area contributed by atoms with Crippen LogP contribution in [0, 0.1) is 0 Å². The van der Waals surface area contributed by atoms with Crippen molar-refractivity contribution in [1.29, 1.82) is 0 Å². The lowest BCUT2D eigenvalue weighted by Gasteiger charge is -2.16. The molecule has 0 bridgehead atoms. The first kappa shape index (κ1) is 33.0. The standard InChI is InChI=1S/C37H39N7O5/c1-42(2)20-7-10-33(45)43-21-18-26(24-43)40-36-34-32(17-19-39-37(34)44(41-36)23-25-11-13-27(47-3)14-12-25)49-31-16-15-29(22-30(31)35(38)46)48-28-8-5-4-6-9-28/h4-17,19,22,26H,18,20-21,23-24H2,1-3H3,(H2,38,46)(H,40,41). The maximum Gasteiger partial charge on any atom is 0.252 e. The molecule has 0 radical (unpaired) electrons. The molecular formula is C37H39N7O5. The van der Waals surface area contributed by atoms with Crippen LogP contribution < -0.4 is 25.3 Å². The van der Waals surface area contributed by atoms with Crippen molar-refractivity contribution in [1.82, 2.24) is 24.6 Å². The Kier molecular flexibility index (Phi) is 10.1. The third-order valence-corrected chi connectivity index (χ3v) is 8.07. The second-order valence-corrected chi connectivity index (χ2v) is 12.0. The number of aromatic nitrogens is 3. The second kappa shape index (κ2) is 14.9. The fourth-order valence-corrected chi connectivity index (χ4v) is 5.61. The third kappa shape index (κ3) is 7.99. The summed E-state index contributed by atoms with van der Waals surface area (Å²) in [6, 6.07) is 23.6. The van der Waals surface area contributed by atoms with Crippen LogP contribution in [0.1, 0.15) is 22.3 Å². The molecule has 3 N–H and O–H groups in total. The molecule has 2 aromatic heterocycles. The average molecular weight is 662 g/mol. The first-order chi connectivity index (χ1) is 23.8. The summed E-state index contributed by atoms with van der Waals surface area (Å²) < 4.78 is 19.5. The minimum absolute atomic E-state index is 0.0228. The molecule has 6 rings (SSSR count). The Bertz CT molecular complexity index is 1960. The molecule has 1 fully saturated rings. The van der Waals surface area contributed by atoms with Crippen LogP contribution in [0.2, 0.25) is 0 Å². The lowest BCUT2D eigenvalue weighted by molar-refractivity contribution is -0.125. The van der Waals surface area contributed by atoms with Crippen LogP contribution in [0.5, 0.6) is 28.7 Å². The molecule has 0 saturated carbocycles. The maximum atomic E-state index is 12.8. The summed E-state index contributed by atoms with van der Waals surface area (Å²) >= 11 is 0. The fourth-order valence-electron chi connectivity index (χ4n) is 5.61. The van der Waals surface area contributed by atoms with Gasteiger partial charge in [-0.3, -0.25) is 9.59 Å². The van der Waals surface area contributed by atoms with Gasteiger partial charge in [0.25, 0.3) is 5.91 Å². The highest BCUT2D eigenvalue weighted by Crippen LogP contribution is 2.37. The van der Waals surface area contributed by atoms with E-state index < -0.39 is 5.91 Å². The van der Waals surface area contributed by atoms with Crippen molar-refractivity contribution >= 4 is 28.7 Å². The number of para-hydroxylation sites is 1. The number of nitrogens with zero attached hydrogens (tertiary/aromatic N) is 5. The van der Waals surface area contributed by atoms with Crippen molar-refractivity contribution in [3.63, 3.8) is 0 Å². The van der Waals surface area contributed by atoms with Gasteiger partial charge >= 0.3 is 0 Å². The Morgan fingerprint density at radius 3 is 2.49 bits per heavy atom. The summed E-state index contributed by atoms with van der Waals surface area (Å²) in [6.07, 6.45) is 5.88. The molecular weight excluding hydrogens is 622 g/mol. The van der Waals surface area contributed by atoms with Gasteiger partial charge in [-0.15, -0.1) is 0 Å². The lowest BCUT2D eigenvalue weighted by Crippen LogP contribution is -2.30. The van der Waals surface area contributed by atoms with Gasteiger partial charge < -0.3 is 35.1 Å². The molecule has 0 spiro atoms. The summed E-state index contributed by atoms with van der Waals surface area (Å²) in [5, 5.41) is 9.14. The number of ether oxygens (including phenoxy) is 3. The maximum absolute atomic E-state index is 12.8. The van der Waals surface area contributed by atoms with Crippen LogP contribution in [0.3, 0.4) is 0 Å². The number of pyridine rings is 1. The average Bonchev–Trinajstić information content (AvgIpc) is 3.71. The molecule has 252 valence electrons. The number of anilines is 1. The number of fused-ring (bicyclic) bond motifs is 1. The van der Waals surface area contributed by atoms with Gasteiger partial charge in [-0.2, -0.15) is 5.10 Å². The van der Waals surface area contributed by atoms with E-state index in [1.165, 1.54) is 0 Å². The van der Waals surface area contributed by atoms with Gasteiger partial charge in [-0.25, -0.2) is 9.67 Å². The van der Waals surface area contributed by atoms with Gasteiger partial charge in [0.15, 0.2) is 11.5 Å². The quantitative estimate of drug-likeness (QED) is 0.161. The Morgan fingerprint density at radius 1 is 0.980 bits per heavy atom. The first-order valence-electron chi connectivity index (χ1n) is 16.0. The molecule has 12 nitrogen and oxygen atoms in total. The zero-order valence-electron chi connectivity index (χ0n) is 27.7. The highest BCUT2D eigenvalue weighted by atomic mass is 16.5. The number of primary amides is 1. The number of carbonyl (C=O) groups excluding carboxylic acids is 2. The minimum atomic E-state index is -0.664.